The van der Waals surface area contributed by atoms with E-state index in [4.69, 9.17) is 28.3 Å². The highest BCUT2D eigenvalue weighted by Gasteiger charge is 2.09. The van der Waals surface area contributed by atoms with Crippen molar-refractivity contribution in [3.63, 3.8) is 0 Å². The van der Waals surface area contributed by atoms with E-state index in [1.165, 1.54) is 0 Å². The van der Waals surface area contributed by atoms with Crippen LogP contribution in [0.4, 0.5) is 0 Å². The molecule has 0 amide bonds. The zero-order valence-electron chi connectivity index (χ0n) is 8.80. The van der Waals surface area contributed by atoms with Crippen LogP contribution in [0.5, 0.6) is 0 Å². The van der Waals surface area contributed by atoms with Gasteiger partial charge in [0.05, 0.1) is 6.61 Å². The minimum absolute atomic E-state index is 0.0535. The molecule has 2 N–H and O–H groups in total. The Kier molecular flexibility index (Phi) is 4.87. The van der Waals surface area contributed by atoms with Crippen LogP contribution in [0.1, 0.15) is 25.5 Å². The zero-order valence-corrected chi connectivity index (χ0v) is 10.3. The maximum atomic E-state index is 8.93. The third kappa shape index (κ3) is 3.99. The largest absolute Gasteiger partial charge is 0.395 e. The van der Waals surface area contributed by atoms with Gasteiger partial charge in [0.25, 0.3) is 0 Å². The molecule has 0 spiro atoms. The fraction of sp³-hybridized carbons (Fsp3) is 0.455. The van der Waals surface area contributed by atoms with Gasteiger partial charge in [-0.05, 0) is 37.6 Å². The molecule has 0 aliphatic rings. The number of hydrogen-bond acceptors (Lipinski definition) is 2. The Balaban J connectivity index is 2.77. The molecule has 0 saturated heterocycles. The minimum atomic E-state index is 0.0535. The van der Waals surface area contributed by atoms with Crippen LogP contribution in [0, 0.1) is 0 Å². The first-order valence-corrected chi connectivity index (χ1v) is 5.61. The highest BCUT2D eigenvalue weighted by Crippen LogP contribution is 2.23. The van der Waals surface area contributed by atoms with Gasteiger partial charge in [-0.25, -0.2) is 0 Å². The predicted molar refractivity (Wildman–Crippen MR) is 64.6 cm³/mol. The van der Waals surface area contributed by atoms with Gasteiger partial charge in [0.1, 0.15) is 0 Å². The first kappa shape index (κ1) is 12.8. The lowest BCUT2D eigenvalue weighted by Crippen LogP contribution is -2.31. The summed E-state index contributed by atoms with van der Waals surface area (Å²) < 4.78 is 0. The monoisotopic (exact) mass is 247 g/mol. The number of nitrogens with one attached hydrogen (secondary N) is 1. The Bertz CT molecular complexity index is 310. The van der Waals surface area contributed by atoms with Gasteiger partial charge in [-0.15, -0.1) is 0 Å². The lowest BCUT2D eigenvalue weighted by Gasteiger charge is -2.19. The number of aliphatic hydroxyl groups excluding tert-OH is 1. The van der Waals surface area contributed by atoms with Crippen LogP contribution in [0.15, 0.2) is 18.2 Å². The highest BCUT2D eigenvalue weighted by atomic mass is 35.5. The van der Waals surface area contributed by atoms with Crippen molar-refractivity contribution in [3.05, 3.63) is 33.8 Å². The summed E-state index contributed by atoms with van der Waals surface area (Å²) in [5.74, 6) is 0. The van der Waals surface area contributed by atoms with E-state index in [-0.39, 0.29) is 18.7 Å². The molecule has 2 nitrogen and oxygen atoms in total. The van der Waals surface area contributed by atoms with Crippen molar-refractivity contribution >= 4 is 23.2 Å². The van der Waals surface area contributed by atoms with Crippen LogP contribution in [0.2, 0.25) is 10.0 Å². The number of rotatable bonds is 4. The Morgan fingerprint density at radius 3 is 2.20 bits per heavy atom. The quantitative estimate of drug-likeness (QED) is 0.858. The second-order valence-corrected chi connectivity index (χ2v) is 4.55. The molecule has 0 saturated carbocycles. The molecular weight excluding hydrogens is 233 g/mol. The van der Waals surface area contributed by atoms with E-state index in [9.17, 15) is 0 Å². The summed E-state index contributed by atoms with van der Waals surface area (Å²) in [5.41, 5.74) is 1.02. The van der Waals surface area contributed by atoms with Crippen molar-refractivity contribution in [2.75, 3.05) is 6.61 Å². The second kappa shape index (κ2) is 5.71. The first-order valence-electron chi connectivity index (χ1n) is 4.86. The number of halogens is 2. The number of hydrogen-bond donors (Lipinski definition) is 2. The van der Waals surface area contributed by atoms with Crippen molar-refractivity contribution in [2.45, 2.75) is 25.9 Å². The first-order chi connectivity index (χ1) is 7.02. The van der Waals surface area contributed by atoms with Gasteiger partial charge >= 0.3 is 0 Å². The minimum Gasteiger partial charge on any atom is -0.395 e. The van der Waals surface area contributed by atoms with Gasteiger partial charge in [0.2, 0.25) is 0 Å². The van der Waals surface area contributed by atoms with Crippen molar-refractivity contribution in [2.24, 2.45) is 0 Å². The van der Waals surface area contributed by atoms with Gasteiger partial charge in [-0.1, -0.05) is 23.2 Å². The highest BCUT2D eigenvalue weighted by molar-refractivity contribution is 6.34. The fourth-order valence-corrected chi connectivity index (χ4v) is 1.94. The molecule has 1 rings (SSSR count). The SMILES string of the molecule is CC(N[C@H](C)CO)c1cc(Cl)cc(Cl)c1. The van der Waals surface area contributed by atoms with Crippen LogP contribution in [-0.4, -0.2) is 17.8 Å². The van der Waals surface area contributed by atoms with E-state index in [2.05, 4.69) is 5.32 Å². The van der Waals surface area contributed by atoms with Crippen LogP contribution in [-0.2, 0) is 0 Å². The van der Waals surface area contributed by atoms with Crippen molar-refractivity contribution in [1.82, 2.24) is 5.32 Å². The number of benzene rings is 1. The van der Waals surface area contributed by atoms with E-state index in [1.54, 1.807) is 6.07 Å². The van der Waals surface area contributed by atoms with Gasteiger partial charge in [-0.2, -0.15) is 0 Å². The normalized spacial score (nSPS) is 15.0. The number of aliphatic hydroxyl groups is 1. The lowest BCUT2D eigenvalue weighted by molar-refractivity contribution is 0.243. The van der Waals surface area contributed by atoms with Crippen molar-refractivity contribution in [1.29, 1.82) is 0 Å². The van der Waals surface area contributed by atoms with Crippen LogP contribution >= 0.6 is 23.2 Å². The molecule has 1 aromatic rings. The average molecular weight is 248 g/mol. The smallest absolute Gasteiger partial charge is 0.0582 e. The van der Waals surface area contributed by atoms with Crippen molar-refractivity contribution < 1.29 is 5.11 Å². The predicted octanol–water partition coefficient (Wildman–Crippen LogP) is 3.02. The molecule has 0 radical (unpaired) electrons. The Labute approximate surface area is 100 Å². The van der Waals surface area contributed by atoms with E-state index in [0.29, 0.717) is 10.0 Å². The molecule has 0 aliphatic carbocycles. The molecule has 0 aliphatic heterocycles. The standard InChI is InChI=1S/C11H15Cl2NO/c1-7(6-15)14-8(2)9-3-10(12)5-11(13)4-9/h3-5,7-8,14-15H,6H2,1-2H3/t7-,8?/m1/s1. The van der Waals surface area contributed by atoms with Gasteiger partial charge in [0.15, 0.2) is 0 Å². The molecular formula is C11H15Cl2NO. The molecule has 15 heavy (non-hydrogen) atoms. The molecule has 1 unspecified atom stereocenters. The topological polar surface area (TPSA) is 32.3 Å². The van der Waals surface area contributed by atoms with E-state index < -0.39 is 0 Å². The summed E-state index contributed by atoms with van der Waals surface area (Å²) in [6.45, 7) is 4.04. The van der Waals surface area contributed by atoms with Crippen LogP contribution in [0.25, 0.3) is 0 Å². The summed E-state index contributed by atoms with van der Waals surface area (Å²) in [6.07, 6.45) is 0. The second-order valence-electron chi connectivity index (χ2n) is 3.67. The summed E-state index contributed by atoms with van der Waals surface area (Å²) in [4.78, 5) is 0. The third-order valence-corrected chi connectivity index (χ3v) is 2.63. The van der Waals surface area contributed by atoms with Gasteiger partial charge < -0.3 is 10.4 Å². The molecule has 0 aromatic heterocycles. The molecule has 4 heteroatoms. The van der Waals surface area contributed by atoms with Gasteiger partial charge in [0, 0.05) is 22.1 Å². The summed E-state index contributed by atoms with van der Waals surface area (Å²) in [5, 5.41) is 13.4. The summed E-state index contributed by atoms with van der Waals surface area (Å²) >= 11 is 11.8. The summed E-state index contributed by atoms with van der Waals surface area (Å²) in [7, 11) is 0. The maximum absolute atomic E-state index is 8.93. The molecule has 0 bridgehead atoms. The van der Waals surface area contributed by atoms with E-state index in [1.807, 2.05) is 26.0 Å². The molecule has 0 fully saturated rings. The van der Waals surface area contributed by atoms with E-state index in [0.717, 1.165) is 5.56 Å². The van der Waals surface area contributed by atoms with Gasteiger partial charge in [-0.3, -0.25) is 0 Å². The van der Waals surface area contributed by atoms with Crippen LogP contribution < -0.4 is 5.32 Å². The fourth-order valence-electron chi connectivity index (χ4n) is 1.40. The molecule has 0 heterocycles. The molecule has 2 atom stereocenters. The molecule has 1 aromatic carbocycles. The summed E-state index contributed by atoms with van der Waals surface area (Å²) in [6, 6.07) is 5.61. The lowest BCUT2D eigenvalue weighted by atomic mass is 10.1. The van der Waals surface area contributed by atoms with Crippen LogP contribution in [0.3, 0.4) is 0 Å². The van der Waals surface area contributed by atoms with E-state index >= 15 is 0 Å². The molecule has 84 valence electrons. The Morgan fingerprint density at radius 1 is 1.20 bits per heavy atom. The Hall–Kier alpha value is -0.280. The average Bonchev–Trinajstić information content (AvgIpc) is 2.16. The Morgan fingerprint density at radius 2 is 1.73 bits per heavy atom. The maximum Gasteiger partial charge on any atom is 0.0582 e. The third-order valence-electron chi connectivity index (χ3n) is 2.19. The zero-order chi connectivity index (χ0) is 11.4. The van der Waals surface area contributed by atoms with Crippen molar-refractivity contribution in [3.8, 4) is 0 Å².